The van der Waals surface area contributed by atoms with Crippen molar-refractivity contribution in [3.63, 3.8) is 0 Å². The molecule has 4 atom stereocenters. The van der Waals surface area contributed by atoms with Gasteiger partial charge in [0.2, 0.25) is 11.8 Å². The molecule has 1 heterocycles. The molecule has 0 bridgehead atoms. The summed E-state index contributed by atoms with van der Waals surface area (Å²) in [5.74, 6) is 1.04. The van der Waals surface area contributed by atoms with Gasteiger partial charge in [0.25, 0.3) is 0 Å². The van der Waals surface area contributed by atoms with Gasteiger partial charge in [-0.25, -0.2) is 0 Å². The third-order valence-electron chi connectivity index (χ3n) is 6.24. The molecular formula is C21H30N2O2. The molecule has 0 spiro atoms. The van der Waals surface area contributed by atoms with Gasteiger partial charge in [-0.3, -0.25) is 9.59 Å². The van der Waals surface area contributed by atoms with Crippen LogP contribution in [0.1, 0.15) is 50.7 Å². The Kier molecular flexibility index (Phi) is 5.16. The third-order valence-corrected chi connectivity index (χ3v) is 6.24. The molecule has 4 heteroatoms. The molecule has 1 aliphatic heterocycles. The first-order valence-electron chi connectivity index (χ1n) is 9.54. The zero-order valence-electron chi connectivity index (χ0n) is 15.8. The quantitative estimate of drug-likeness (QED) is 0.905. The van der Waals surface area contributed by atoms with Gasteiger partial charge >= 0.3 is 0 Å². The van der Waals surface area contributed by atoms with E-state index in [2.05, 4.69) is 19.2 Å². The number of nitrogens with one attached hydrogen (secondary N) is 1. The number of carbonyl (C=O) groups excluding carboxylic acids is 2. The summed E-state index contributed by atoms with van der Waals surface area (Å²) >= 11 is 0. The van der Waals surface area contributed by atoms with Crippen LogP contribution in [0.15, 0.2) is 18.2 Å². The Morgan fingerprint density at radius 1 is 1.20 bits per heavy atom. The third kappa shape index (κ3) is 3.73. The van der Waals surface area contributed by atoms with Crippen LogP contribution < -0.4 is 5.32 Å². The maximum Gasteiger partial charge on any atom is 0.229 e. The molecule has 0 unspecified atom stereocenters. The minimum absolute atomic E-state index is 0.0268. The summed E-state index contributed by atoms with van der Waals surface area (Å²) in [4.78, 5) is 27.3. The molecule has 2 fully saturated rings. The second-order valence-corrected chi connectivity index (χ2v) is 8.09. The Balaban J connectivity index is 1.67. The van der Waals surface area contributed by atoms with E-state index in [-0.39, 0.29) is 17.7 Å². The van der Waals surface area contributed by atoms with Crippen LogP contribution in [-0.4, -0.2) is 29.3 Å². The second-order valence-electron chi connectivity index (χ2n) is 8.09. The summed E-state index contributed by atoms with van der Waals surface area (Å²) in [6.07, 6.45) is 3.84. The van der Waals surface area contributed by atoms with Crippen molar-refractivity contribution >= 4 is 17.5 Å². The minimum Gasteiger partial charge on any atom is -0.339 e. The van der Waals surface area contributed by atoms with Crippen LogP contribution in [0.2, 0.25) is 0 Å². The highest BCUT2D eigenvalue weighted by atomic mass is 16.2. The van der Waals surface area contributed by atoms with Crippen molar-refractivity contribution in [3.05, 3.63) is 29.3 Å². The van der Waals surface area contributed by atoms with Crippen LogP contribution in [0.3, 0.4) is 0 Å². The van der Waals surface area contributed by atoms with Crippen LogP contribution in [-0.2, 0) is 9.59 Å². The van der Waals surface area contributed by atoms with Crippen molar-refractivity contribution < 1.29 is 9.59 Å². The van der Waals surface area contributed by atoms with Crippen LogP contribution in [0.4, 0.5) is 5.69 Å². The van der Waals surface area contributed by atoms with Crippen molar-refractivity contribution in [2.24, 2.45) is 17.8 Å². The Labute approximate surface area is 151 Å². The Hall–Kier alpha value is -1.84. The number of carbonyl (C=O) groups is 2. The lowest BCUT2D eigenvalue weighted by atomic mass is 9.77. The lowest BCUT2D eigenvalue weighted by Gasteiger charge is -2.40. The van der Waals surface area contributed by atoms with Gasteiger partial charge in [0.1, 0.15) is 0 Å². The fraction of sp³-hybridized carbons (Fsp3) is 0.619. The highest BCUT2D eigenvalue weighted by Gasteiger charge is 2.41. The molecule has 2 aliphatic rings. The van der Waals surface area contributed by atoms with E-state index in [1.54, 1.807) is 0 Å². The summed E-state index contributed by atoms with van der Waals surface area (Å²) in [6.45, 7) is 9.11. The predicted molar refractivity (Wildman–Crippen MR) is 100 cm³/mol. The molecule has 1 aromatic rings. The maximum absolute atomic E-state index is 12.7. The first-order chi connectivity index (χ1) is 11.9. The normalized spacial score (nSPS) is 29.8. The van der Waals surface area contributed by atoms with Gasteiger partial charge in [0.15, 0.2) is 0 Å². The fourth-order valence-electron chi connectivity index (χ4n) is 4.33. The number of anilines is 1. The number of benzene rings is 1. The van der Waals surface area contributed by atoms with Gasteiger partial charge in [-0.2, -0.15) is 0 Å². The largest absolute Gasteiger partial charge is 0.339 e. The molecule has 1 saturated heterocycles. The zero-order chi connectivity index (χ0) is 18.1. The standard InChI is InChI=1S/C21H30N2O2/c1-13-8-9-15(3)18(10-13)22-21(25)17-11-20(24)23(12-17)19-7-5-6-14(2)16(19)4/h8-10,14,16-17,19H,5-7,11-12H2,1-4H3,(H,22,25)/t14-,16-,17-,19+/m0/s1. The first-order valence-corrected chi connectivity index (χ1v) is 9.54. The molecule has 0 aromatic heterocycles. The van der Waals surface area contributed by atoms with E-state index in [1.165, 1.54) is 12.8 Å². The Bertz CT molecular complexity index is 670. The van der Waals surface area contributed by atoms with E-state index in [0.717, 1.165) is 23.2 Å². The minimum atomic E-state index is -0.239. The average Bonchev–Trinajstić information content (AvgIpc) is 2.95. The smallest absolute Gasteiger partial charge is 0.229 e. The summed E-state index contributed by atoms with van der Waals surface area (Å²) in [7, 11) is 0. The Morgan fingerprint density at radius 2 is 1.96 bits per heavy atom. The van der Waals surface area contributed by atoms with Gasteiger partial charge in [-0.1, -0.05) is 38.8 Å². The first kappa shape index (κ1) is 18.0. The maximum atomic E-state index is 12.7. The van der Waals surface area contributed by atoms with E-state index in [0.29, 0.717) is 30.8 Å². The molecule has 1 saturated carbocycles. The number of nitrogens with zero attached hydrogens (tertiary/aromatic N) is 1. The SMILES string of the molecule is Cc1ccc(C)c(NC(=O)[C@H]2CC(=O)N([C@@H]3CCC[C@H](C)[C@@H]3C)C2)c1. The monoisotopic (exact) mass is 342 g/mol. The summed E-state index contributed by atoms with van der Waals surface area (Å²) in [5, 5.41) is 3.04. The summed E-state index contributed by atoms with van der Waals surface area (Å²) in [6, 6.07) is 6.35. The van der Waals surface area contributed by atoms with E-state index in [4.69, 9.17) is 0 Å². The van der Waals surface area contributed by atoms with Crippen molar-refractivity contribution in [3.8, 4) is 0 Å². The zero-order valence-corrected chi connectivity index (χ0v) is 15.8. The summed E-state index contributed by atoms with van der Waals surface area (Å²) in [5.41, 5.74) is 3.03. The van der Waals surface area contributed by atoms with E-state index in [9.17, 15) is 9.59 Å². The molecule has 3 rings (SSSR count). The molecular weight excluding hydrogens is 312 g/mol. The van der Waals surface area contributed by atoms with Gasteiger partial charge in [0, 0.05) is 24.7 Å². The van der Waals surface area contributed by atoms with Crippen LogP contribution >= 0.6 is 0 Å². The molecule has 2 amide bonds. The van der Waals surface area contributed by atoms with E-state index in [1.807, 2.05) is 36.9 Å². The van der Waals surface area contributed by atoms with Crippen LogP contribution in [0.25, 0.3) is 0 Å². The number of likely N-dealkylation sites (tertiary alicyclic amines) is 1. The predicted octanol–water partition coefficient (Wildman–Crippen LogP) is 3.92. The van der Waals surface area contributed by atoms with Crippen molar-refractivity contribution in [1.82, 2.24) is 4.90 Å². The molecule has 0 radical (unpaired) electrons. The highest BCUT2D eigenvalue weighted by Crippen LogP contribution is 2.36. The molecule has 136 valence electrons. The lowest BCUT2D eigenvalue weighted by molar-refractivity contribution is -0.131. The van der Waals surface area contributed by atoms with Crippen molar-refractivity contribution in [1.29, 1.82) is 0 Å². The Morgan fingerprint density at radius 3 is 2.72 bits per heavy atom. The molecule has 1 aliphatic carbocycles. The molecule has 1 aromatic carbocycles. The average molecular weight is 342 g/mol. The number of amides is 2. The highest BCUT2D eigenvalue weighted by molar-refractivity contribution is 5.97. The van der Waals surface area contributed by atoms with Gasteiger partial charge < -0.3 is 10.2 Å². The molecule has 4 nitrogen and oxygen atoms in total. The fourth-order valence-corrected chi connectivity index (χ4v) is 4.33. The van der Waals surface area contributed by atoms with Crippen LogP contribution in [0, 0.1) is 31.6 Å². The van der Waals surface area contributed by atoms with Gasteiger partial charge in [0.05, 0.1) is 5.92 Å². The van der Waals surface area contributed by atoms with Crippen LogP contribution in [0.5, 0.6) is 0 Å². The number of aryl methyl sites for hydroxylation is 2. The number of hydrogen-bond acceptors (Lipinski definition) is 2. The number of rotatable bonds is 3. The molecule has 25 heavy (non-hydrogen) atoms. The van der Waals surface area contributed by atoms with Crippen molar-refractivity contribution in [2.75, 3.05) is 11.9 Å². The topological polar surface area (TPSA) is 49.4 Å². The van der Waals surface area contributed by atoms with Gasteiger partial charge in [-0.15, -0.1) is 0 Å². The lowest BCUT2D eigenvalue weighted by Crippen LogP contribution is -2.45. The molecule has 1 N–H and O–H groups in total. The van der Waals surface area contributed by atoms with E-state index >= 15 is 0 Å². The second kappa shape index (κ2) is 7.19. The van der Waals surface area contributed by atoms with E-state index < -0.39 is 0 Å². The van der Waals surface area contributed by atoms with Gasteiger partial charge in [-0.05, 0) is 49.3 Å². The van der Waals surface area contributed by atoms with Crippen molar-refractivity contribution in [2.45, 2.75) is 59.4 Å². The summed E-state index contributed by atoms with van der Waals surface area (Å²) < 4.78 is 0. The number of hydrogen-bond donors (Lipinski definition) is 1.